The third-order valence-corrected chi connectivity index (χ3v) is 12.6. The molecule has 0 aliphatic carbocycles. The van der Waals surface area contributed by atoms with E-state index in [0.29, 0.717) is 11.5 Å². The molecule has 0 radical (unpaired) electrons. The van der Waals surface area contributed by atoms with E-state index >= 15 is 0 Å². The maximum atomic E-state index is 11.2. The van der Waals surface area contributed by atoms with Crippen molar-refractivity contribution in [1.82, 2.24) is 0 Å². The first-order valence-corrected chi connectivity index (χ1v) is 13.4. The van der Waals surface area contributed by atoms with Crippen molar-refractivity contribution in [3.63, 3.8) is 0 Å². The molecular formula is C19H25NO2SeSi. The minimum absolute atomic E-state index is 0.137. The number of nitrogens with zero attached hydrogens (tertiary/aromatic N) is 1. The zero-order chi connectivity index (χ0) is 17.7. The van der Waals surface area contributed by atoms with Crippen LogP contribution in [0, 0.1) is 16.0 Å². The van der Waals surface area contributed by atoms with E-state index in [9.17, 15) is 10.1 Å². The number of benzene rings is 2. The first-order chi connectivity index (χ1) is 11.3. The summed E-state index contributed by atoms with van der Waals surface area (Å²) >= 11 is 0.137. The van der Waals surface area contributed by atoms with E-state index in [-0.39, 0.29) is 25.6 Å². The van der Waals surface area contributed by atoms with Crippen LogP contribution >= 0.6 is 0 Å². The first kappa shape index (κ1) is 18.9. The fourth-order valence-corrected chi connectivity index (χ4v) is 8.95. The van der Waals surface area contributed by atoms with Crippen LogP contribution in [-0.4, -0.2) is 28.0 Å². The van der Waals surface area contributed by atoms with E-state index in [1.165, 1.54) is 5.19 Å². The molecule has 24 heavy (non-hydrogen) atoms. The molecule has 0 fully saturated rings. The molecule has 0 saturated heterocycles. The fourth-order valence-electron chi connectivity index (χ4n) is 2.94. The van der Waals surface area contributed by atoms with Crippen molar-refractivity contribution in [1.29, 1.82) is 0 Å². The summed E-state index contributed by atoms with van der Waals surface area (Å²) in [6, 6.07) is 18.0. The molecule has 2 atom stereocenters. The predicted molar refractivity (Wildman–Crippen MR) is 105 cm³/mol. The Labute approximate surface area is 151 Å². The standard InChI is InChI=1S/C19H25NO2SeSi/c1-15(14-23-19-13-9-8-12-18(19)20(21)22)16(2)24(3,4)17-10-6-5-7-11-17/h5-13,15-16H,14H2,1-4H3. The van der Waals surface area contributed by atoms with Gasteiger partial charge in [-0.05, 0) is 0 Å². The van der Waals surface area contributed by atoms with Gasteiger partial charge in [0.05, 0.1) is 0 Å². The number of nitro groups is 1. The molecule has 2 aromatic rings. The van der Waals surface area contributed by atoms with Gasteiger partial charge in [0.2, 0.25) is 0 Å². The van der Waals surface area contributed by atoms with Gasteiger partial charge in [-0.1, -0.05) is 0 Å². The molecule has 0 aliphatic rings. The molecule has 0 N–H and O–H groups in total. The van der Waals surface area contributed by atoms with Gasteiger partial charge in [0.1, 0.15) is 0 Å². The Morgan fingerprint density at radius 1 is 1.04 bits per heavy atom. The van der Waals surface area contributed by atoms with Crippen molar-refractivity contribution < 1.29 is 4.92 Å². The maximum absolute atomic E-state index is 11.2. The Morgan fingerprint density at radius 3 is 2.25 bits per heavy atom. The van der Waals surface area contributed by atoms with Crippen LogP contribution in [0.3, 0.4) is 0 Å². The van der Waals surface area contributed by atoms with E-state index in [1.807, 2.05) is 12.1 Å². The van der Waals surface area contributed by atoms with Gasteiger partial charge in [0, 0.05) is 0 Å². The molecule has 0 bridgehead atoms. The quantitative estimate of drug-likeness (QED) is 0.397. The van der Waals surface area contributed by atoms with Crippen molar-refractivity contribution in [2.75, 3.05) is 0 Å². The third kappa shape index (κ3) is 4.35. The van der Waals surface area contributed by atoms with E-state index in [0.717, 1.165) is 9.78 Å². The summed E-state index contributed by atoms with van der Waals surface area (Å²) in [4.78, 5) is 10.9. The van der Waals surface area contributed by atoms with Crippen LogP contribution < -0.4 is 9.65 Å². The van der Waals surface area contributed by atoms with Gasteiger partial charge in [0.15, 0.2) is 0 Å². The number of rotatable bonds is 7. The molecule has 2 rings (SSSR count). The molecule has 0 amide bonds. The molecule has 2 aromatic carbocycles. The van der Waals surface area contributed by atoms with Gasteiger partial charge < -0.3 is 0 Å². The number of hydrogen-bond acceptors (Lipinski definition) is 2. The molecule has 0 saturated carbocycles. The summed E-state index contributed by atoms with van der Waals surface area (Å²) in [6.45, 7) is 9.53. The van der Waals surface area contributed by atoms with Crippen LogP contribution in [0.2, 0.25) is 24.0 Å². The van der Waals surface area contributed by atoms with Crippen molar-refractivity contribution >= 4 is 38.4 Å². The molecule has 0 aromatic heterocycles. The normalized spacial score (nSPS) is 14.2. The van der Waals surface area contributed by atoms with E-state index < -0.39 is 8.07 Å². The van der Waals surface area contributed by atoms with Crippen molar-refractivity contribution in [3.05, 3.63) is 64.7 Å². The monoisotopic (exact) mass is 407 g/mol. The van der Waals surface area contributed by atoms with Gasteiger partial charge in [-0.25, -0.2) is 0 Å². The van der Waals surface area contributed by atoms with Crippen molar-refractivity contribution in [2.45, 2.75) is 37.8 Å². The average molecular weight is 406 g/mol. The number of para-hydroxylation sites is 1. The number of hydrogen-bond donors (Lipinski definition) is 0. The van der Waals surface area contributed by atoms with Gasteiger partial charge in [0.25, 0.3) is 0 Å². The van der Waals surface area contributed by atoms with E-state index in [1.54, 1.807) is 12.1 Å². The van der Waals surface area contributed by atoms with Gasteiger partial charge in [-0.2, -0.15) is 0 Å². The molecule has 2 unspecified atom stereocenters. The minimum atomic E-state index is -1.54. The second kappa shape index (κ2) is 8.10. The Morgan fingerprint density at radius 2 is 1.62 bits per heavy atom. The Bertz CT molecular complexity index is 691. The van der Waals surface area contributed by atoms with Crippen LogP contribution in [0.1, 0.15) is 13.8 Å². The van der Waals surface area contributed by atoms with Gasteiger partial charge >= 0.3 is 152 Å². The topological polar surface area (TPSA) is 43.1 Å². The van der Waals surface area contributed by atoms with E-state index in [4.69, 9.17) is 0 Å². The summed E-state index contributed by atoms with van der Waals surface area (Å²) in [7, 11) is -1.54. The van der Waals surface area contributed by atoms with E-state index in [2.05, 4.69) is 57.3 Å². The van der Waals surface area contributed by atoms with Gasteiger partial charge in [-0.3, -0.25) is 0 Å². The van der Waals surface area contributed by atoms with Crippen LogP contribution in [0.25, 0.3) is 0 Å². The summed E-state index contributed by atoms with van der Waals surface area (Å²) in [6.07, 6.45) is 0. The second-order valence-corrected chi connectivity index (χ2v) is 14.0. The van der Waals surface area contributed by atoms with Gasteiger partial charge in [-0.15, -0.1) is 0 Å². The molecule has 0 aliphatic heterocycles. The van der Waals surface area contributed by atoms with Crippen LogP contribution in [0.4, 0.5) is 5.69 Å². The zero-order valence-corrected chi connectivity index (χ0v) is 17.4. The average Bonchev–Trinajstić information content (AvgIpc) is 2.59. The zero-order valence-electron chi connectivity index (χ0n) is 14.7. The third-order valence-electron chi connectivity index (χ3n) is 5.07. The molecular weight excluding hydrogens is 381 g/mol. The van der Waals surface area contributed by atoms with Crippen LogP contribution in [0.15, 0.2) is 54.6 Å². The molecule has 0 heterocycles. The Kier molecular flexibility index (Phi) is 6.38. The molecule has 5 heteroatoms. The fraction of sp³-hybridized carbons (Fsp3) is 0.368. The Hall–Kier alpha value is -1.42. The second-order valence-electron chi connectivity index (χ2n) is 6.89. The molecule has 3 nitrogen and oxygen atoms in total. The predicted octanol–water partition coefficient (Wildman–Crippen LogP) is 3.98. The number of nitro benzene ring substituents is 1. The summed E-state index contributed by atoms with van der Waals surface area (Å²) < 4.78 is 0.910. The Balaban J connectivity index is 2.07. The van der Waals surface area contributed by atoms with Crippen LogP contribution in [-0.2, 0) is 0 Å². The SMILES string of the molecule is CC(C[Se]c1ccccc1[N+](=O)[O-])C(C)[Si](C)(C)c1ccccc1. The molecule has 0 spiro atoms. The summed E-state index contributed by atoms with van der Waals surface area (Å²) in [5.74, 6) is 0.562. The molecule has 128 valence electrons. The van der Waals surface area contributed by atoms with Crippen molar-refractivity contribution in [3.8, 4) is 0 Å². The van der Waals surface area contributed by atoms with Crippen molar-refractivity contribution in [2.24, 2.45) is 5.92 Å². The summed E-state index contributed by atoms with van der Waals surface area (Å²) in [5, 5.41) is 13.7. The first-order valence-electron chi connectivity index (χ1n) is 8.25. The van der Waals surface area contributed by atoms with Crippen LogP contribution in [0.5, 0.6) is 0 Å². The summed E-state index contributed by atoms with van der Waals surface area (Å²) in [5.41, 5.74) is 0.904.